The summed E-state index contributed by atoms with van der Waals surface area (Å²) in [7, 11) is 0. The molecule has 3 aromatic rings. The number of halogens is 4. The van der Waals surface area contributed by atoms with Crippen molar-refractivity contribution in [1.29, 1.82) is 0 Å². The van der Waals surface area contributed by atoms with Crippen LogP contribution in [0.4, 0.5) is 29.3 Å². The standard InChI is InChI=1S/C29H26ClF3N4O5/c1-16(38)37-13-11-19-14-20(6-9-24(19)37)26(17-2-4-18(5-3-17)27(41)34-12-10-25(39)40)36-28(42)35-21-7-8-23(30)22(15-21)29(31,32)33/h2-9,14-15,26H,10-13H2,1H3,(H,34,41)(H,39,40)(H2,35,36,42). The number of anilines is 2. The molecule has 1 aliphatic heterocycles. The van der Waals surface area contributed by atoms with E-state index >= 15 is 0 Å². The van der Waals surface area contributed by atoms with Crippen LogP contribution in [0.5, 0.6) is 0 Å². The van der Waals surface area contributed by atoms with E-state index in [0.29, 0.717) is 24.1 Å². The lowest BCUT2D eigenvalue weighted by Gasteiger charge is -2.22. The topological polar surface area (TPSA) is 128 Å². The van der Waals surface area contributed by atoms with Crippen LogP contribution in [-0.2, 0) is 22.2 Å². The second kappa shape index (κ2) is 12.5. The Hall–Kier alpha value is -4.58. The van der Waals surface area contributed by atoms with Crippen molar-refractivity contribution in [3.05, 3.63) is 93.5 Å². The third-order valence-electron chi connectivity index (χ3n) is 6.65. The first-order chi connectivity index (χ1) is 19.8. The molecule has 9 nitrogen and oxygen atoms in total. The zero-order valence-corrected chi connectivity index (χ0v) is 23.0. The Bertz CT molecular complexity index is 1530. The smallest absolute Gasteiger partial charge is 0.417 e. The molecule has 0 spiro atoms. The number of carbonyl (C=O) groups excluding carboxylic acids is 3. The number of urea groups is 1. The Morgan fingerprint density at radius 3 is 2.33 bits per heavy atom. The number of nitrogens with zero attached hydrogens (tertiary/aromatic N) is 1. The summed E-state index contributed by atoms with van der Waals surface area (Å²) in [5.74, 6) is -1.63. The molecule has 0 radical (unpaired) electrons. The van der Waals surface area contributed by atoms with Gasteiger partial charge in [-0.2, -0.15) is 13.2 Å². The molecule has 220 valence electrons. The maximum atomic E-state index is 13.3. The van der Waals surface area contributed by atoms with Gasteiger partial charge >= 0.3 is 18.2 Å². The van der Waals surface area contributed by atoms with Crippen molar-refractivity contribution in [1.82, 2.24) is 10.6 Å². The molecule has 42 heavy (non-hydrogen) atoms. The van der Waals surface area contributed by atoms with Crippen molar-refractivity contribution in [2.45, 2.75) is 32.0 Å². The zero-order chi connectivity index (χ0) is 30.6. The number of alkyl halides is 3. The highest BCUT2D eigenvalue weighted by Gasteiger charge is 2.33. The second-order valence-corrected chi connectivity index (χ2v) is 9.96. The lowest BCUT2D eigenvalue weighted by Crippen LogP contribution is -2.33. The molecule has 0 fully saturated rings. The summed E-state index contributed by atoms with van der Waals surface area (Å²) in [6.45, 7) is 1.93. The predicted molar refractivity (Wildman–Crippen MR) is 150 cm³/mol. The molecule has 1 aliphatic rings. The van der Waals surface area contributed by atoms with E-state index in [-0.39, 0.29) is 30.1 Å². The number of nitrogens with one attached hydrogen (secondary N) is 3. The van der Waals surface area contributed by atoms with Gasteiger partial charge in [-0.3, -0.25) is 14.4 Å². The molecular formula is C29H26ClF3N4O5. The van der Waals surface area contributed by atoms with E-state index in [0.717, 1.165) is 23.4 Å². The average molecular weight is 603 g/mol. The highest BCUT2D eigenvalue weighted by Crippen LogP contribution is 2.36. The van der Waals surface area contributed by atoms with Gasteiger partial charge in [-0.25, -0.2) is 4.79 Å². The van der Waals surface area contributed by atoms with Gasteiger partial charge in [-0.1, -0.05) is 35.9 Å². The Balaban J connectivity index is 1.61. The first-order valence-electron chi connectivity index (χ1n) is 12.8. The second-order valence-electron chi connectivity index (χ2n) is 9.55. The lowest BCUT2D eigenvalue weighted by atomic mass is 9.95. The summed E-state index contributed by atoms with van der Waals surface area (Å²) < 4.78 is 39.9. The van der Waals surface area contributed by atoms with Gasteiger partial charge in [-0.15, -0.1) is 0 Å². The number of hydrogen-bond acceptors (Lipinski definition) is 4. The van der Waals surface area contributed by atoms with Gasteiger partial charge in [-0.05, 0) is 59.5 Å². The highest BCUT2D eigenvalue weighted by atomic mass is 35.5. The van der Waals surface area contributed by atoms with Crippen molar-refractivity contribution in [2.24, 2.45) is 0 Å². The largest absolute Gasteiger partial charge is 0.481 e. The van der Waals surface area contributed by atoms with Crippen molar-refractivity contribution >= 4 is 46.8 Å². The van der Waals surface area contributed by atoms with Crippen LogP contribution in [0.3, 0.4) is 0 Å². The SMILES string of the molecule is CC(=O)N1CCc2cc(C(NC(=O)Nc3ccc(Cl)c(C(F)(F)F)c3)c3ccc(C(=O)NCCC(=O)O)cc3)ccc21. The van der Waals surface area contributed by atoms with E-state index in [1.165, 1.54) is 25.1 Å². The van der Waals surface area contributed by atoms with Gasteiger partial charge in [0.05, 0.1) is 23.0 Å². The Morgan fingerprint density at radius 1 is 1.00 bits per heavy atom. The fraction of sp³-hybridized carbons (Fsp3) is 0.241. The van der Waals surface area contributed by atoms with E-state index in [2.05, 4.69) is 16.0 Å². The van der Waals surface area contributed by atoms with Crippen molar-refractivity contribution in [3.8, 4) is 0 Å². The average Bonchev–Trinajstić information content (AvgIpc) is 3.36. The molecule has 4 rings (SSSR count). The van der Waals surface area contributed by atoms with Gasteiger partial charge in [0, 0.05) is 37.0 Å². The van der Waals surface area contributed by atoms with Crippen LogP contribution in [0, 0.1) is 0 Å². The van der Waals surface area contributed by atoms with Crippen LogP contribution in [0.1, 0.15) is 52.0 Å². The summed E-state index contributed by atoms with van der Waals surface area (Å²) in [5.41, 5.74) is 1.88. The summed E-state index contributed by atoms with van der Waals surface area (Å²) in [6, 6.07) is 13.0. The first-order valence-corrected chi connectivity index (χ1v) is 13.2. The quantitative estimate of drug-likeness (QED) is 0.275. The first kappa shape index (κ1) is 30.4. The number of carboxylic acids is 1. The number of hydrogen-bond donors (Lipinski definition) is 4. The predicted octanol–water partition coefficient (Wildman–Crippen LogP) is 5.38. The van der Waals surface area contributed by atoms with Crippen LogP contribution in [0.15, 0.2) is 60.7 Å². The minimum absolute atomic E-state index is 0.0482. The third-order valence-corrected chi connectivity index (χ3v) is 6.98. The van der Waals surface area contributed by atoms with Gasteiger partial charge in [0.25, 0.3) is 5.91 Å². The molecule has 13 heteroatoms. The van der Waals surface area contributed by atoms with Gasteiger partial charge in [0.15, 0.2) is 0 Å². The molecule has 1 unspecified atom stereocenters. The number of carboxylic acid groups (broad SMARTS) is 1. The molecule has 0 aromatic heterocycles. The summed E-state index contributed by atoms with van der Waals surface area (Å²) in [4.78, 5) is 49.8. The zero-order valence-electron chi connectivity index (χ0n) is 22.2. The minimum atomic E-state index is -4.71. The molecule has 0 bridgehead atoms. The van der Waals surface area contributed by atoms with Crippen molar-refractivity contribution < 1.29 is 37.5 Å². The van der Waals surface area contributed by atoms with Crippen molar-refractivity contribution in [3.63, 3.8) is 0 Å². The maximum Gasteiger partial charge on any atom is 0.417 e. The van der Waals surface area contributed by atoms with E-state index < -0.39 is 40.7 Å². The fourth-order valence-electron chi connectivity index (χ4n) is 4.62. The number of amides is 4. The number of fused-ring (bicyclic) bond motifs is 1. The number of carbonyl (C=O) groups is 4. The molecule has 0 saturated heterocycles. The Morgan fingerprint density at radius 2 is 1.69 bits per heavy atom. The van der Waals surface area contributed by atoms with Crippen LogP contribution in [0.2, 0.25) is 5.02 Å². The summed E-state index contributed by atoms with van der Waals surface area (Å²) >= 11 is 5.69. The Labute approximate surface area is 243 Å². The number of rotatable bonds is 8. The van der Waals surface area contributed by atoms with Crippen LogP contribution < -0.4 is 20.9 Å². The molecule has 0 saturated carbocycles. The van der Waals surface area contributed by atoms with Gasteiger partial charge < -0.3 is 26.0 Å². The number of benzene rings is 3. The lowest BCUT2D eigenvalue weighted by molar-refractivity contribution is -0.138. The van der Waals surface area contributed by atoms with E-state index in [4.69, 9.17) is 16.7 Å². The third kappa shape index (κ3) is 7.19. The van der Waals surface area contributed by atoms with E-state index in [1.54, 1.807) is 29.2 Å². The summed E-state index contributed by atoms with van der Waals surface area (Å²) in [6.07, 6.45) is -4.35. The van der Waals surface area contributed by atoms with Crippen LogP contribution in [-0.4, -0.2) is 42.0 Å². The van der Waals surface area contributed by atoms with Crippen molar-refractivity contribution in [2.75, 3.05) is 23.3 Å². The molecule has 1 heterocycles. The monoisotopic (exact) mass is 602 g/mol. The van der Waals surface area contributed by atoms with Gasteiger partial charge in [0.2, 0.25) is 5.91 Å². The molecule has 3 aromatic carbocycles. The molecule has 4 amide bonds. The minimum Gasteiger partial charge on any atom is -0.481 e. The normalized spacial score (nSPS) is 13.2. The molecule has 1 atom stereocenters. The maximum absolute atomic E-state index is 13.3. The van der Waals surface area contributed by atoms with Crippen LogP contribution >= 0.6 is 11.6 Å². The molecule has 4 N–H and O–H groups in total. The van der Waals surface area contributed by atoms with Gasteiger partial charge in [0.1, 0.15) is 0 Å². The fourth-order valence-corrected chi connectivity index (χ4v) is 4.84. The van der Waals surface area contributed by atoms with Crippen LogP contribution in [0.25, 0.3) is 0 Å². The molecular weight excluding hydrogens is 577 g/mol. The summed E-state index contributed by atoms with van der Waals surface area (Å²) in [5, 5.41) is 16.0. The van der Waals surface area contributed by atoms with E-state index in [9.17, 15) is 32.3 Å². The van der Waals surface area contributed by atoms with E-state index in [1.807, 2.05) is 6.07 Å². The molecule has 0 aliphatic carbocycles. The number of aliphatic carboxylic acids is 1. The Kier molecular flexibility index (Phi) is 9.05. The highest BCUT2D eigenvalue weighted by molar-refractivity contribution is 6.31.